The Balaban J connectivity index is 0.00000264. The van der Waals surface area contributed by atoms with Gasteiger partial charge >= 0.3 is 0 Å². The molecule has 1 atom stereocenters. The first-order valence-corrected chi connectivity index (χ1v) is 7.95. The highest BCUT2D eigenvalue weighted by molar-refractivity contribution is 5.85. The van der Waals surface area contributed by atoms with Crippen LogP contribution in [0.2, 0.25) is 0 Å². The molecule has 1 amide bonds. The van der Waals surface area contributed by atoms with E-state index < -0.39 is 0 Å². The van der Waals surface area contributed by atoms with Crippen LogP contribution in [0.5, 0.6) is 5.75 Å². The molecule has 1 aromatic rings. The molecule has 2 rings (SSSR count). The van der Waals surface area contributed by atoms with Crippen LogP contribution in [0.15, 0.2) is 24.3 Å². The maximum Gasteiger partial charge on any atom is 0.223 e. The quantitative estimate of drug-likeness (QED) is 0.787. The Morgan fingerprint density at radius 2 is 2.30 bits per heavy atom. The molecule has 23 heavy (non-hydrogen) atoms. The molecule has 2 N–H and O–H groups in total. The van der Waals surface area contributed by atoms with E-state index in [1.165, 1.54) is 0 Å². The Morgan fingerprint density at radius 3 is 2.96 bits per heavy atom. The Morgan fingerprint density at radius 1 is 1.48 bits per heavy atom. The first-order chi connectivity index (χ1) is 10.7. The fourth-order valence-corrected chi connectivity index (χ4v) is 2.69. The van der Waals surface area contributed by atoms with Gasteiger partial charge in [-0.05, 0) is 43.5 Å². The molecule has 0 spiro atoms. The Hall–Kier alpha value is -1.30. The summed E-state index contributed by atoms with van der Waals surface area (Å²) in [7, 11) is 1.65. The summed E-state index contributed by atoms with van der Waals surface area (Å²) in [5, 5.41) is 0. The van der Waals surface area contributed by atoms with E-state index in [2.05, 4.69) is 0 Å². The standard InChI is InChI=1S/C17H26N2O3.ClH/c1-21-15-6-2-5-14(11-15)12-19(17(20)8-3-9-18)13-16-7-4-10-22-16;/h2,5-6,11,16H,3-4,7-10,12-13,18H2,1H3;1H. The highest BCUT2D eigenvalue weighted by Gasteiger charge is 2.22. The van der Waals surface area contributed by atoms with Gasteiger partial charge in [-0.25, -0.2) is 0 Å². The van der Waals surface area contributed by atoms with Crippen molar-refractivity contribution in [2.75, 3.05) is 26.8 Å². The van der Waals surface area contributed by atoms with Crippen LogP contribution in [-0.2, 0) is 16.1 Å². The Labute approximate surface area is 144 Å². The normalized spacial score (nSPS) is 16.7. The largest absolute Gasteiger partial charge is 0.497 e. The van der Waals surface area contributed by atoms with Gasteiger partial charge in [0.15, 0.2) is 0 Å². The number of carbonyl (C=O) groups excluding carboxylic acids is 1. The predicted molar refractivity (Wildman–Crippen MR) is 92.9 cm³/mol. The summed E-state index contributed by atoms with van der Waals surface area (Å²) in [5.74, 6) is 0.952. The van der Waals surface area contributed by atoms with Gasteiger partial charge in [0, 0.05) is 26.1 Å². The van der Waals surface area contributed by atoms with Crippen LogP contribution in [0.4, 0.5) is 0 Å². The van der Waals surface area contributed by atoms with Gasteiger partial charge in [0.2, 0.25) is 5.91 Å². The third-order valence-corrected chi connectivity index (χ3v) is 3.90. The highest BCUT2D eigenvalue weighted by Crippen LogP contribution is 2.18. The van der Waals surface area contributed by atoms with Gasteiger partial charge in [-0.15, -0.1) is 12.4 Å². The second-order valence-corrected chi connectivity index (χ2v) is 5.65. The zero-order valence-electron chi connectivity index (χ0n) is 13.7. The smallest absolute Gasteiger partial charge is 0.223 e. The van der Waals surface area contributed by atoms with Gasteiger partial charge in [0.05, 0.1) is 13.2 Å². The molecule has 1 aliphatic rings. The van der Waals surface area contributed by atoms with E-state index in [4.69, 9.17) is 15.2 Å². The maximum atomic E-state index is 12.4. The number of benzene rings is 1. The number of hydrogen-bond donors (Lipinski definition) is 1. The van der Waals surface area contributed by atoms with E-state index in [1.54, 1.807) is 7.11 Å². The molecular weight excluding hydrogens is 316 g/mol. The third kappa shape index (κ3) is 6.37. The van der Waals surface area contributed by atoms with Crippen molar-refractivity contribution in [2.24, 2.45) is 5.73 Å². The Kier molecular flexibility index (Phi) is 8.99. The topological polar surface area (TPSA) is 64.8 Å². The average molecular weight is 343 g/mol. The molecule has 1 saturated heterocycles. The van der Waals surface area contributed by atoms with Gasteiger partial charge in [0.1, 0.15) is 5.75 Å². The second kappa shape index (κ2) is 10.5. The number of halogens is 1. The van der Waals surface area contributed by atoms with Crippen molar-refractivity contribution in [3.05, 3.63) is 29.8 Å². The van der Waals surface area contributed by atoms with Gasteiger partial charge in [-0.1, -0.05) is 12.1 Å². The van der Waals surface area contributed by atoms with E-state index in [-0.39, 0.29) is 24.4 Å². The summed E-state index contributed by atoms with van der Waals surface area (Å²) in [6.07, 6.45) is 3.48. The van der Waals surface area contributed by atoms with E-state index in [0.717, 1.165) is 37.2 Å². The van der Waals surface area contributed by atoms with E-state index in [1.807, 2.05) is 29.2 Å². The lowest BCUT2D eigenvalue weighted by Gasteiger charge is -2.26. The highest BCUT2D eigenvalue weighted by atomic mass is 35.5. The van der Waals surface area contributed by atoms with Crippen LogP contribution in [0.25, 0.3) is 0 Å². The number of amides is 1. The van der Waals surface area contributed by atoms with Crippen molar-refractivity contribution in [1.29, 1.82) is 0 Å². The lowest BCUT2D eigenvalue weighted by Crippen LogP contribution is -2.37. The van der Waals surface area contributed by atoms with Gasteiger partial charge in [-0.2, -0.15) is 0 Å². The summed E-state index contributed by atoms with van der Waals surface area (Å²) in [5.41, 5.74) is 6.59. The number of carbonyl (C=O) groups is 1. The number of hydrogen-bond acceptors (Lipinski definition) is 4. The summed E-state index contributed by atoms with van der Waals surface area (Å²) >= 11 is 0. The number of rotatable bonds is 8. The van der Waals surface area contributed by atoms with E-state index >= 15 is 0 Å². The molecule has 0 aliphatic carbocycles. The van der Waals surface area contributed by atoms with Crippen LogP contribution in [0.1, 0.15) is 31.2 Å². The number of nitrogens with two attached hydrogens (primary N) is 1. The summed E-state index contributed by atoms with van der Waals surface area (Å²) < 4.78 is 10.9. The van der Waals surface area contributed by atoms with Crippen LogP contribution >= 0.6 is 12.4 Å². The summed E-state index contributed by atoms with van der Waals surface area (Å²) in [4.78, 5) is 14.3. The van der Waals surface area contributed by atoms with Crippen molar-refractivity contribution >= 4 is 18.3 Å². The fraction of sp³-hybridized carbons (Fsp3) is 0.588. The van der Waals surface area contributed by atoms with Gasteiger partial charge in [0.25, 0.3) is 0 Å². The minimum Gasteiger partial charge on any atom is -0.497 e. The molecule has 1 aromatic carbocycles. The van der Waals surface area contributed by atoms with Crippen molar-refractivity contribution < 1.29 is 14.3 Å². The molecule has 1 fully saturated rings. The lowest BCUT2D eigenvalue weighted by atomic mass is 10.1. The zero-order chi connectivity index (χ0) is 15.8. The van der Waals surface area contributed by atoms with E-state index in [9.17, 15) is 4.79 Å². The SMILES string of the molecule is COc1cccc(CN(CC2CCCO2)C(=O)CCCN)c1.Cl. The van der Waals surface area contributed by atoms with Crippen LogP contribution in [-0.4, -0.2) is 43.7 Å². The molecule has 130 valence electrons. The average Bonchev–Trinajstić information content (AvgIpc) is 3.05. The zero-order valence-corrected chi connectivity index (χ0v) is 14.5. The number of nitrogens with zero attached hydrogens (tertiary/aromatic N) is 1. The summed E-state index contributed by atoms with van der Waals surface area (Å²) in [6, 6.07) is 7.84. The lowest BCUT2D eigenvalue weighted by molar-refractivity contribution is -0.133. The molecule has 0 bridgehead atoms. The number of ether oxygens (including phenoxy) is 2. The molecule has 0 saturated carbocycles. The first kappa shape index (κ1) is 19.7. The molecule has 1 unspecified atom stereocenters. The third-order valence-electron chi connectivity index (χ3n) is 3.90. The maximum absolute atomic E-state index is 12.4. The van der Waals surface area contributed by atoms with Gasteiger partial charge in [-0.3, -0.25) is 4.79 Å². The van der Waals surface area contributed by atoms with Crippen molar-refractivity contribution in [2.45, 2.75) is 38.3 Å². The molecule has 0 radical (unpaired) electrons. The van der Waals surface area contributed by atoms with E-state index in [0.29, 0.717) is 26.1 Å². The number of methoxy groups -OCH3 is 1. The van der Waals surface area contributed by atoms with Gasteiger partial charge < -0.3 is 20.1 Å². The van der Waals surface area contributed by atoms with Crippen LogP contribution in [0, 0.1) is 0 Å². The minimum atomic E-state index is 0. The summed E-state index contributed by atoms with van der Waals surface area (Å²) in [6.45, 7) is 2.58. The molecule has 5 nitrogen and oxygen atoms in total. The molecule has 6 heteroatoms. The molecular formula is C17H27ClN2O3. The molecule has 0 aromatic heterocycles. The first-order valence-electron chi connectivity index (χ1n) is 7.95. The Bertz CT molecular complexity index is 479. The predicted octanol–water partition coefficient (Wildman–Crippen LogP) is 2.36. The molecule has 1 heterocycles. The fourth-order valence-electron chi connectivity index (χ4n) is 2.69. The van der Waals surface area contributed by atoms with Crippen LogP contribution < -0.4 is 10.5 Å². The van der Waals surface area contributed by atoms with Crippen molar-refractivity contribution in [1.82, 2.24) is 4.90 Å². The van der Waals surface area contributed by atoms with Crippen molar-refractivity contribution in [3.8, 4) is 5.75 Å². The molecule has 1 aliphatic heterocycles. The monoisotopic (exact) mass is 342 g/mol. The second-order valence-electron chi connectivity index (χ2n) is 5.65. The van der Waals surface area contributed by atoms with Crippen LogP contribution in [0.3, 0.4) is 0 Å². The minimum absolute atomic E-state index is 0. The van der Waals surface area contributed by atoms with Crippen molar-refractivity contribution in [3.63, 3.8) is 0 Å².